The number of hydrogen-bond donors (Lipinski definition) is 0. The van der Waals surface area contributed by atoms with Crippen molar-refractivity contribution < 1.29 is 0 Å². The fraction of sp³-hybridized carbons (Fsp3) is 1.00. The van der Waals surface area contributed by atoms with Gasteiger partial charge in [-0.3, -0.25) is 0 Å². The smallest absolute Gasteiger partial charge is 0.0414 e. The van der Waals surface area contributed by atoms with E-state index in [1.54, 1.807) is 0 Å². The molecule has 0 heteroatoms. The maximum Gasteiger partial charge on any atom is -0.0414 e. The predicted octanol–water partition coefficient (Wildman–Crippen LogP) is 16.5. The van der Waals surface area contributed by atoms with Crippen LogP contribution in [0.15, 0.2) is 0 Å². The fourth-order valence-corrected chi connectivity index (χ4v) is 7.08. The molecule has 0 aliphatic rings. The lowest BCUT2D eigenvalue weighted by atomic mass is 9.89. The second-order valence-electron chi connectivity index (χ2n) is 14.5. The third-order valence-corrected chi connectivity index (χ3v) is 10.1. The van der Waals surface area contributed by atoms with Crippen LogP contribution in [0.5, 0.6) is 0 Å². The molecule has 0 saturated carbocycles. The third kappa shape index (κ3) is 36.2. The van der Waals surface area contributed by atoms with Gasteiger partial charge >= 0.3 is 0 Å². The van der Waals surface area contributed by atoms with E-state index in [1.165, 1.54) is 244 Å². The number of hydrogen-bond acceptors (Lipinski definition) is 0. The van der Waals surface area contributed by atoms with Gasteiger partial charge in [-0.1, -0.05) is 265 Å². The zero-order valence-corrected chi connectivity index (χ0v) is 30.4. The molecule has 0 aliphatic heterocycles. The van der Waals surface area contributed by atoms with Crippen molar-refractivity contribution in [2.45, 2.75) is 265 Å². The molecule has 0 bridgehead atoms. The van der Waals surface area contributed by atoms with E-state index in [9.17, 15) is 0 Å². The van der Waals surface area contributed by atoms with Crippen molar-refractivity contribution in [2.24, 2.45) is 5.92 Å². The van der Waals surface area contributed by atoms with Crippen molar-refractivity contribution in [1.29, 1.82) is 0 Å². The Balaban J connectivity index is 3.74. The molecule has 0 aromatic heterocycles. The summed E-state index contributed by atoms with van der Waals surface area (Å²) in [6.07, 6.45) is 56.3. The third-order valence-electron chi connectivity index (χ3n) is 10.1. The summed E-state index contributed by atoms with van der Waals surface area (Å²) in [5.74, 6) is 1.04. The Labute approximate surface area is 270 Å². The first-order valence-electron chi connectivity index (χ1n) is 20.8. The van der Waals surface area contributed by atoms with E-state index in [-0.39, 0.29) is 0 Å². The molecule has 0 aliphatic carbocycles. The Morgan fingerprint density at radius 2 is 0.333 bits per heavy atom. The Hall–Kier alpha value is 0. The molecule has 0 spiro atoms. The first-order chi connectivity index (χ1) is 20.8. The minimum Gasteiger partial charge on any atom is -0.0654 e. The summed E-state index contributed by atoms with van der Waals surface area (Å²) in [4.78, 5) is 0. The second-order valence-corrected chi connectivity index (χ2v) is 14.5. The minimum atomic E-state index is 1.04. The summed E-state index contributed by atoms with van der Waals surface area (Å²) >= 11 is 0. The van der Waals surface area contributed by atoms with Crippen LogP contribution in [0.25, 0.3) is 0 Å². The van der Waals surface area contributed by atoms with E-state index >= 15 is 0 Å². The molecule has 0 radical (unpaired) electrons. The molecular formula is C42H86. The lowest BCUT2D eigenvalue weighted by Crippen LogP contribution is -2.01. The zero-order chi connectivity index (χ0) is 30.4. The molecule has 1 atom stereocenters. The summed E-state index contributed by atoms with van der Waals surface area (Å²) in [7, 11) is 0. The highest BCUT2D eigenvalue weighted by atomic mass is 14.1. The molecule has 1 unspecified atom stereocenters. The summed E-state index contributed by atoms with van der Waals surface area (Å²) in [5, 5.41) is 0. The first-order valence-corrected chi connectivity index (χ1v) is 20.8. The van der Waals surface area contributed by atoms with Crippen molar-refractivity contribution in [3.8, 4) is 0 Å². The lowest BCUT2D eigenvalue weighted by Gasteiger charge is -2.17. The van der Waals surface area contributed by atoms with Gasteiger partial charge in [0.05, 0.1) is 0 Å². The molecule has 0 heterocycles. The molecule has 0 nitrogen and oxygen atoms in total. The SMILES string of the molecule is CCCCCCCCCCCCCCCCCCCCC(CCCCCCCCCC)CCCCCCCCCCC. The van der Waals surface area contributed by atoms with Crippen LogP contribution in [0.4, 0.5) is 0 Å². The van der Waals surface area contributed by atoms with E-state index in [4.69, 9.17) is 0 Å². The maximum atomic E-state index is 2.33. The topological polar surface area (TPSA) is 0 Å². The zero-order valence-electron chi connectivity index (χ0n) is 30.4. The van der Waals surface area contributed by atoms with Gasteiger partial charge in [-0.15, -0.1) is 0 Å². The van der Waals surface area contributed by atoms with Crippen LogP contribution in [-0.4, -0.2) is 0 Å². The largest absolute Gasteiger partial charge is 0.0654 e. The van der Waals surface area contributed by atoms with Gasteiger partial charge < -0.3 is 0 Å². The Morgan fingerprint density at radius 1 is 0.190 bits per heavy atom. The van der Waals surface area contributed by atoms with Crippen molar-refractivity contribution >= 4 is 0 Å². The van der Waals surface area contributed by atoms with Gasteiger partial charge in [0.1, 0.15) is 0 Å². The monoisotopic (exact) mass is 591 g/mol. The summed E-state index contributed by atoms with van der Waals surface area (Å²) in [5.41, 5.74) is 0. The van der Waals surface area contributed by atoms with Crippen LogP contribution in [-0.2, 0) is 0 Å². The summed E-state index contributed by atoms with van der Waals surface area (Å²) in [6.45, 7) is 6.97. The summed E-state index contributed by atoms with van der Waals surface area (Å²) in [6, 6.07) is 0. The van der Waals surface area contributed by atoms with Crippen LogP contribution < -0.4 is 0 Å². The molecule has 0 aromatic rings. The van der Waals surface area contributed by atoms with Gasteiger partial charge in [0.25, 0.3) is 0 Å². The predicted molar refractivity (Wildman–Crippen MR) is 196 cm³/mol. The quantitative estimate of drug-likeness (QED) is 0.0627. The Bertz CT molecular complexity index is 439. The second kappa shape index (κ2) is 39.0. The van der Waals surface area contributed by atoms with E-state index < -0.39 is 0 Å². The average molecular weight is 591 g/mol. The van der Waals surface area contributed by atoms with Crippen molar-refractivity contribution in [3.05, 3.63) is 0 Å². The van der Waals surface area contributed by atoms with Crippen molar-refractivity contribution in [1.82, 2.24) is 0 Å². The van der Waals surface area contributed by atoms with Gasteiger partial charge in [0.2, 0.25) is 0 Å². The highest BCUT2D eigenvalue weighted by Gasteiger charge is 2.09. The van der Waals surface area contributed by atoms with Crippen LogP contribution in [0, 0.1) is 5.92 Å². The van der Waals surface area contributed by atoms with Crippen LogP contribution in [0.1, 0.15) is 265 Å². The Kier molecular flexibility index (Phi) is 39.0. The first kappa shape index (κ1) is 42.0. The average Bonchev–Trinajstić information content (AvgIpc) is 3.00. The van der Waals surface area contributed by atoms with Crippen LogP contribution in [0.3, 0.4) is 0 Å². The van der Waals surface area contributed by atoms with E-state index in [0.29, 0.717) is 0 Å². The molecule has 0 fully saturated rings. The summed E-state index contributed by atoms with van der Waals surface area (Å²) < 4.78 is 0. The number of rotatable bonds is 38. The highest BCUT2D eigenvalue weighted by molar-refractivity contribution is 4.62. The van der Waals surface area contributed by atoms with Crippen molar-refractivity contribution in [3.63, 3.8) is 0 Å². The normalized spacial score (nSPS) is 12.4. The standard InChI is InChI=1S/C42H86/c1-4-7-10-13-16-19-20-21-22-23-24-25-26-27-29-32-35-38-41-42(39-36-33-30-18-15-12-9-6-3)40-37-34-31-28-17-14-11-8-5-2/h42H,4-41H2,1-3H3. The van der Waals surface area contributed by atoms with E-state index in [1.807, 2.05) is 0 Å². The molecule has 0 rings (SSSR count). The van der Waals surface area contributed by atoms with E-state index in [2.05, 4.69) is 20.8 Å². The Morgan fingerprint density at radius 3 is 0.500 bits per heavy atom. The minimum absolute atomic E-state index is 1.04. The molecule has 0 aromatic carbocycles. The van der Waals surface area contributed by atoms with Gasteiger partial charge in [-0.05, 0) is 5.92 Å². The van der Waals surface area contributed by atoms with E-state index in [0.717, 1.165) is 5.92 Å². The molecule has 0 saturated heterocycles. The highest BCUT2D eigenvalue weighted by Crippen LogP contribution is 2.25. The fourth-order valence-electron chi connectivity index (χ4n) is 7.08. The lowest BCUT2D eigenvalue weighted by molar-refractivity contribution is 0.365. The van der Waals surface area contributed by atoms with Gasteiger partial charge in [0.15, 0.2) is 0 Å². The molecule has 254 valence electrons. The van der Waals surface area contributed by atoms with Crippen LogP contribution in [0.2, 0.25) is 0 Å². The molecular weight excluding hydrogens is 504 g/mol. The van der Waals surface area contributed by atoms with Gasteiger partial charge in [-0.2, -0.15) is 0 Å². The molecule has 42 heavy (non-hydrogen) atoms. The maximum absolute atomic E-state index is 2.33. The van der Waals surface area contributed by atoms with Crippen molar-refractivity contribution in [2.75, 3.05) is 0 Å². The van der Waals surface area contributed by atoms with Gasteiger partial charge in [-0.25, -0.2) is 0 Å². The van der Waals surface area contributed by atoms with Gasteiger partial charge in [0, 0.05) is 0 Å². The number of unbranched alkanes of at least 4 members (excludes halogenated alkanes) is 32. The van der Waals surface area contributed by atoms with Crippen LogP contribution >= 0.6 is 0 Å². The molecule has 0 amide bonds. The molecule has 0 N–H and O–H groups in total.